The van der Waals surface area contributed by atoms with E-state index >= 15 is 0 Å². The van der Waals surface area contributed by atoms with Crippen LogP contribution in [0.5, 0.6) is 0 Å². The predicted octanol–water partition coefficient (Wildman–Crippen LogP) is 5.71. The predicted molar refractivity (Wildman–Crippen MR) is 79.1 cm³/mol. The fourth-order valence-electron chi connectivity index (χ4n) is 4.59. The van der Waals surface area contributed by atoms with E-state index in [1.165, 1.54) is 0 Å². The molecular weight excluding hydrogens is 407 g/mol. The topological polar surface area (TPSA) is 26.3 Å². The lowest BCUT2D eigenvalue weighted by atomic mass is 9.67. The summed E-state index contributed by atoms with van der Waals surface area (Å²) in [4.78, 5) is 12.3. The normalized spacial score (nSPS) is 34.0. The molecule has 2 bridgehead atoms. The van der Waals surface area contributed by atoms with Crippen LogP contribution in [0.1, 0.15) is 40.0 Å². The van der Waals surface area contributed by atoms with Crippen LogP contribution in [0.15, 0.2) is 0 Å². The van der Waals surface area contributed by atoms with Gasteiger partial charge in [-0.05, 0) is 43.4 Å². The van der Waals surface area contributed by atoms with Crippen molar-refractivity contribution in [3.8, 4) is 0 Å². The lowest BCUT2D eigenvalue weighted by molar-refractivity contribution is -0.397. The quantitative estimate of drug-likeness (QED) is 0.400. The van der Waals surface area contributed by atoms with Crippen molar-refractivity contribution in [2.75, 3.05) is 6.61 Å². The lowest BCUT2D eigenvalue weighted by Crippen LogP contribution is -2.61. The third kappa shape index (κ3) is 3.26. The van der Waals surface area contributed by atoms with Gasteiger partial charge in [-0.25, -0.2) is 0 Å². The molecule has 5 unspecified atom stereocenters. The van der Waals surface area contributed by atoms with Crippen LogP contribution in [0.2, 0.25) is 0 Å². The first kappa shape index (κ1) is 23.1. The molecular formula is C17H21F9O2. The number of carbonyl (C=O) groups excluding carboxylic acids is 1. The molecule has 0 amide bonds. The van der Waals surface area contributed by atoms with Gasteiger partial charge in [-0.3, -0.25) is 4.79 Å². The van der Waals surface area contributed by atoms with Gasteiger partial charge in [-0.2, -0.15) is 39.5 Å². The molecule has 0 aliphatic heterocycles. The van der Waals surface area contributed by atoms with Crippen LogP contribution >= 0.6 is 0 Å². The summed E-state index contributed by atoms with van der Waals surface area (Å²) in [5, 5.41) is 0. The molecule has 2 nitrogen and oxygen atoms in total. The Morgan fingerprint density at radius 3 is 1.93 bits per heavy atom. The van der Waals surface area contributed by atoms with Gasteiger partial charge in [0, 0.05) is 0 Å². The van der Waals surface area contributed by atoms with E-state index in [9.17, 15) is 44.3 Å². The Morgan fingerprint density at radius 2 is 1.50 bits per heavy atom. The number of fused-ring (bicyclic) bond motifs is 2. The smallest absolute Gasteiger partial charge is 0.460 e. The molecule has 28 heavy (non-hydrogen) atoms. The van der Waals surface area contributed by atoms with Crippen LogP contribution in [-0.4, -0.2) is 36.5 Å². The first-order chi connectivity index (χ1) is 12.4. The minimum atomic E-state index is -6.93. The Morgan fingerprint density at radius 1 is 0.964 bits per heavy atom. The van der Waals surface area contributed by atoms with Crippen molar-refractivity contribution < 1.29 is 49.0 Å². The van der Waals surface area contributed by atoms with Gasteiger partial charge in [0.05, 0.1) is 18.4 Å². The zero-order valence-corrected chi connectivity index (χ0v) is 15.4. The first-order valence-corrected chi connectivity index (χ1v) is 8.77. The van der Waals surface area contributed by atoms with E-state index in [1.54, 1.807) is 6.92 Å². The second-order valence-electron chi connectivity index (χ2n) is 8.18. The molecule has 11 heteroatoms. The standard InChI is InChI=1S/C17H21F9O2/c1-8-9(2)11-6-10(8)7-13(11,3)12(27)28-5-4-14(18,19)15(20,21)16(22,23)17(24,25)26/h8-11H,4-7H2,1-3H3. The van der Waals surface area contributed by atoms with Gasteiger partial charge < -0.3 is 4.74 Å². The molecule has 0 N–H and O–H groups in total. The average molecular weight is 428 g/mol. The second kappa shape index (κ2) is 6.68. The Kier molecular flexibility index (Phi) is 5.52. The third-order valence-electron chi connectivity index (χ3n) is 6.59. The maximum absolute atomic E-state index is 13.5. The summed E-state index contributed by atoms with van der Waals surface area (Å²) >= 11 is 0. The van der Waals surface area contributed by atoms with Crippen LogP contribution in [0, 0.1) is 29.1 Å². The molecule has 0 aromatic carbocycles. The largest absolute Gasteiger partial charge is 0.465 e. The van der Waals surface area contributed by atoms with E-state index in [4.69, 9.17) is 0 Å². The first-order valence-electron chi connectivity index (χ1n) is 8.77. The van der Waals surface area contributed by atoms with Gasteiger partial charge in [-0.15, -0.1) is 0 Å². The van der Waals surface area contributed by atoms with E-state index in [0.717, 1.165) is 6.42 Å². The van der Waals surface area contributed by atoms with Crippen molar-refractivity contribution in [2.45, 2.75) is 64.0 Å². The molecule has 0 heterocycles. The number of halogens is 9. The third-order valence-corrected chi connectivity index (χ3v) is 6.59. The lowest BCUT2D eigenvalue weighted by Gasteiger charge is -2.38. The molecule has 2 fully saturated rings. The molecule has 0 spiro atoms. The molecule has 2 aliphatic rings. The van der Waals surface area contributed by atoms with Crippen molar-refractivity contribution >= 4 is 5.97 Å². The molecule has 0 aromatic heterocycles. The van der Waals surface area contributed by atoms with E-state index < -0.39 is 48.4 Å². The number of esters is 1. The van der Waals surface area contributed by atoms with Gasteiger partial charge in [0.1, 0.15) is 0 Å². The van der Waals surface area contributed by atoms with Crippen LogP contribution in [0.25, 0.3) is 0 Å². The fourth-order valence-corrected chi connectivity index (χ4v) is 4.59. The number of hydrogen-bond acceptors (Lipinski definition) is 2. The van der Waals surface area contributed by atoms with E-state index in [-0.39, 0.29) is 17.8 Å². The number of hydrogen-bond donors (Lipinski definition) is 0. The highest BCUT2D eigenvalue weighted by Crippen LogP contribution is 2.61. The van der Waals surface area contributed by atoms with Gasteiger partial charge in [-0.1, -0.05) is 13.8 Å². The summed E-state index contributed by atoms with van der Waals surface area (Å²) in [5.74, 6) is -19.7. The minimum Gasteiger partial charge on any atom is -0.465 e. The monoisotopic (exact) mass is 428 g/mol. The highest BCUT2D eigenvalue weighted by Gasteiger charge is 2.81. The molecule has 0 radical (unpaired) electrons. The number of rotatable bonds is 6. The maximum atomic E-state index is 13.5. The van der Waals surface area contributed by atoms with Gasteiger partial charge in [0.15, 0.2) is 0 Å². The fraction of sp³-hybridized carbons (Fsp3) is 0.941. The SMILES string of the molecule is CC1C2CC(C1C)C(C)(C(=O)OCCC(F)(F)C(F)(F)C(F)(F)C(F)(F)F)C2. The Labute approximate surface area is 155 Å². The summed E-state index contributed by atoms with van der Waals surface area (Å²) in [6, 6.07) is 0. The molecule has 0 saturated heterocycles. The minimum absolute atomic E-state index is 0.100. The number of carbonyl (C=O) groups is 1. The zero-order valence-electron chi connectivity index (χ0n) is 15.4. The van der Waals surface area contributed by atoms with Crippen LogP contribution < -0.4 is 0 Å². The molecule has 2 rings (SSSR count). The maximum Gasteiger partial charge on any atom is 0.460 e. The molecule has 0 aromatic rings. The number of ether oxygens (including phenoxy) is 1. The van der Waals surface area contributed by atoms with E-state index in [2.05, 4.69) is 4.74 Å². The summed E-state index contributed by atoms with van der Waals surface area (Å²) < 4.78 is 120. The highest BCUT2D eigenvalue weighted by atomic mass is 19.4. The van der Waals surface area contributed by atoms with Crippen LogP contribution in [0.4, 0.5) is 39.5 Å². The van der Waals surface area contributed by atoms with E-state index in [0.29, 0.717) is 12.3 Å². The molecule has 2 saturated carbocycles. The Bertz CT molecular complexity index is 614. The van der Waals surface area contributed by atoms with Crippen molar-refractivity contribution in [3.05, 3.63) is 0 Å². The summed E-state index contributed by atoms with van der Waals surface area (Å²) in [6.07, 6.45) is -7.88. The van der Waals surface area contributed by atoms with Gasteiger partial charge in [0.25, 0.3) is 0 Å². The van der Waals surface area contributed by atoms with Crippen molar-refractivity contribution in [3.63, 3.8) is 0 Å². The number of alkyl halides is 9. The highest BCUT2D eigenvalue weighted by molar-refractivity contribution is 5.77. The Balaban J connectivity index is 2.01. The molecule has 164 valence electrons. The van der Waals surface area contributed by atoms with Crippen molar-refractivity contribution in [1.29, 1.82) is 0 Å². The Hall–Kier alpha value is -1.16. The van der Waals surface area contributed by atoms with Crippen molar-refractivity contribution in [1.82, 2.24) is 0 Å². The summed E-state index contributed by atoms with van der Waals surface area (Å²) in [5.41, 5.74) is -1.02. The van der Waals surface area contributed by atoms with Crippen molar-refractivity contribution in [2.24, 2.45) is 29.1 Å². The van der Waals surface area contributed by atoms with Gasteiger partial charge in [0.2, 0.25) is 0 Å². The van der Waals surface area contributed by atoms with Crippen LogP contribution in [-0.2, 0) is 9.53 Å². The molecule has 2 aliphatic carbocycles. The molecule has 5 atom stereocenters. The van der Waals surface area contributed by atoms with Gasteiger partial charge >= 0.3 is 29.9 Å². The second-order valence-corrected chi connectivity index (χ2v) is 8.18. The van der Waals surface area contributed by atoms with E-state index in [1.807, 2.05) is 13.8 Å². The van der Waals surface area contributed by atoms with Crippen LogP contribution in [0.3, 0.4) is 0 Å². The zero-order chi connectivity index (χ0) is 21.9. The summed E-state index contributed by atoms with van der Waals surface area (Å²) in [7, 11) is 0. The summed E-state index contributed by atoms with van der Waals surface area (Å²) in [6.45, 7) is 4.11. The average Bonchev–Trinajstić information content (AvgIpc) is 3.02.